The number of hydrogen-bond acceptors (Lipinski definition) is 4. The van der Waals surface area contributed by atoms with Crippen molar-refractivity contribution >= 4 is 27.7 Å². The summed E-state index contributed by atoms with van der Waals surface area (Å²) in [5, 5.41) is 8.78. The number of halogens is 1. The normalized spacial score (nSPS) is 10.7. The summed E-state index contributed by atoms with van der Waals surface area (Å²) in [5.74, 6) is 0. The van der Waals surface area contributed by atoms with Crippen molar-refractivity contribution in [1.29, 1.82) is 5.26 Å². The lowest BCUT2D eigenvalue weighted by atomic mass is 10.1. The fourth-order valence-corrected chi connectivity index (χ4v) is 2.50. The van der Waals surface area contributed by atoms with Crippen LogP contribution in [0.4, 0.5) is 0 Å². The van der Waals surface area contributed by atoms with Crippen molar-refractivity contribution in [3.63, 3.8) is 0 Å². The van der Waals surface area contributed by atoms with Gasteiger partial charge in [0.15, 0.2) is 16.1 Å². The highest BCUT2D eigenvalue weighted by Gasteiger charge is 2.20. The zero-order chi connectivity index (χ0) is 11.6. The summed E-state index contributed by atoms with van der Waals surface area (Å²) in [7, 11) is -3.65. The molecular formula is C9H6ClNO3S. The van der Waals surface area contributed by atoms with Gasteiger partial charge in [-0.3, -0.25) is 4.79 Å². The van der Waals surface area contributed by atoms with Gasteiger partial charge in [-0.05, 0) is 12.1 Å². The van der Waals surface area contributed by atoms with Gasteiger partial charge in [-0.25, -0.2) is 8.42 Å². The number of rotatable bonds is 2. The Balaban J connectivity index is 3.81. The molecule has 0 spiro atoms. The highest BCUT2D eigenvalue weighted by Crippen LogP contribution is 2.25. The van der Waals surface area contributed by atoms with Crippen LogP contribution in [0.2, 0.25) is 5.02 Å². The Morgan fingerprint density at radius 2 is 2.07 bits per heavy atom. The molecule has 15 heavy (non-hydrogen) atoms. The van der Waals surface area contributed by atoms with Crippen molar-refractivity contribution < 1.29 is 13.2 Å². The summed E-state index contributed by atoms with van der Waals surface area (Å²) < 4.78 is 22.8. The molecule has 0 radical (unpaired) electrons. The van der Waals surface area contributed by atoms with E-state index in [9.17, 15) is 13.2 Å². The lowest BCUT2D eigenvalue weighted by Gasteiger charge is -2.05. The Hall–Kier alpha value is -1.38. The van der Waals surface area contributed by atoms with Crippen LogP contribution in [-0.4, -0.2) is 21.0 Å². The zero-order valence-electron chi connectivity index (χ0n) is 7.69. The van der Waals surface area contributed by atoms with Crippen LogP contribution in [0.1, 0.15) is 15.9 Å². The number of aldehydes is 1. The number of nitrogens with zero attached hydrogens (tertiary/aromatic N) is 1. The maximum absolute atomic E-state index is 11.4. The lowest BCUT2D eigenvalue weighted by Crippen LogP contribution is -2.05. The predicted octanol–water partition coefficient (Wildman–Crippen LogP) is 1.43. The maximum Gasteiger partial charge on any atom is 0.177 e. The van der Waals surface area contributed by atoms with Crippen molar-refractivity contribution in [2.75, 3.05) is 6.26 Å². The average molecular weight is 244 g/mol. The first-order valence-electron chi connectivity index (χ1n) is 3.79. The number of carbonyl (C=O) groups excluding carboxylic acids is 1. The first-order valence-corrected chi connectivity index (χ1v) is 6.06. The molecule has 4 nitrogen and oxygen atoms in total. The van der Waals surface area contributed by atoms with Gasteiger partial charge in [-0.2, -0.15) is 5.26 Å². The number of benzene rings is 1. The molecule has 0 heterocycles. The maximum atomic E-state index is 11.4. The molecule has 78 valence electrons. The van der Waals surface area contributed by atoms with Crippen LogP contribution in [0, 0.1) is 11.3 Å². The van der Waals surface area contributed by atoms with E-state index in [4.69, 9.17) is 16.9 Å². The minimum atomic E-state index is -3.65. The van der Waals surface area contributed by atoms with Crippen LogP contribution in [0.15, 0.2) is 17.0 Å². The van der Waals surface area contributed by atoms with Gasteiger partial charge in [0.25, 0.3) is 0 Å². The van der Waals surface area contributed by atoms with E-state index in [-0.39, 0.29) is 21.0 Å². The predicted molar refractivity (Wildman–Crippen MR) is 54.7 cm³/mol. The third-order valence-corrected chi connectivity index (χ3v) is 3.24. The lowest BCUT2D eigenvalue weighted by molar-refractivity contribution is 0.112. The largest absolute Gasteiger partial charge is 0.298 e. The second kappa shape index (κ2) is 4.01. The summed E-state index contributed by atoms with van der Waals surface area (Å²) in [6.45, 7) is 0. The average Bonchev–Trinajstić information content (AvgIpc) is 2.15. The van der Waals surface area contributed by atoms with Gasteiger partial charge in [0.05, 0.1) is 15.5 Å². The van der Waals surface area contributed by atoms with Gasteiger partial charge in [-0.1, -0.05) is 11.6 Å². The molecule has 0 aliphatic heterocycles. The van der Waals surface area contributed by atoms with Crippen molar-refractivity contribution in [2.24, 2.45) is 0 Å². The van der Waals surface area contributed by atoms with Gasteiger partial charge in [-0.15, -0.1) is 0 Å². The van der Waals surface area contributed by atoms with E-state index in [1.54, 1.807) is 6.07 Å². The van der Waals surface area contributed by atoms with Crippen molar-refractivity contribution in [3.8, 4) is 6.07 Å². The zero-order valence-corrected chi connectivity index (χ0v) is 9.26. The molecular weight excluding hydrogens is 238 g/mol. The van der Waals surface area contributed by atoms with E-state index in [1.807, 2.05) is 0 Å². The second-order valence-corrected chi connectivity index (χ2v) is 5.20. The standard InChI is InChI=1S/C9H6ClNO3S/c1-15(13,14)9-6(5-12)2-3-8(10)7(9)4-11/h2-3,5H,1H3. The van der Waals surface area contributed by atoms with E-state index in [0.29, 0.717) is 6.29 Å². The summed E-state index contributed by atoms with van der Waals surface area (Å²) in [6, 6.07) is 4.26. The molecule has 6 heteroatoms. The van der Waals surface area contributed by atoms with E-state index < -0.39 is 9.84 Å². The number of sulfone groups is 1. The Labute approximate surface area is 92.0 Å². The highest BCUT2D eigenvalue weighted by atomic mass is 35.5. The Kier molecular flexibility index (Phi) is 3.12. The molecule has 0 saturated heterocycles. The molecule has 0 aromatic heterocycles. The van der Waals surface area contributed by atoms with Gasteiger partial charge in [0, 0.05) is 11.8 Å². The Bertz CT molecular complexity index is 557. The van der Waals surface area contributed by atoms with Crippen molar-refractivity contribution in [2.45, 2.75) is 4.90 Å². The summed E-state index contributed by atoms with van der Waals surface area (Å²) >= 11 is 5.66. The molecule has 0 fully saturated rings. The quantitative estimate of drug-likeness (QED) is 0.737. The van der Waals surface area contributed by atoms with E-state index in [0.717, 1.165) is 6.26 Å². The van der Waals surface area contributed by atoms with Crippen molar-refractivity contribution in [1.82, 2.24) is 0 Å². The molecule has 0 amide bonds. The minimum Gasteiger partial charge on any atom is -0.298 e. The third-order valence-electron chi connectivity index (χ3n) is 1.75. The monoisotopic (exact) mass is 243 g/mol. The molecule has 0 atom stereocenters. The van der Waals surface area contributed by atoms with Crippen LogP contribution in [-0.2, 0) is 9.84 Å². The topological polar surface area (TPSA) is 75.0 Å². The molecule has 1 aromatic carbocycles. The van der Waals surface area contributed by atoms with Crippen molar-refractivity contribution in [3.05, 3.63) is 28.3 Å². The van der Waals surface area contributed by atoms with E-state index >= 15 is 0 Å². The Morgan fingerprint density at radius 3 is 2.47 bits per heavy atom. The smallest absolute Gasteiger partial charge is 0.177 e. The molecule has 0 N–H and O–H groups in total. The first-order chi connectivity index (χ1) is 6.91. The van der Waals surface area contributed by atoms with Gasteiger partial charge >= 0.3 is 0 Å². The molecule has 0 bridgehead atoms. The highest BCUT2D eigenvalue weighted by molar-refractivity contribution is 7.90. The van der Waals surface area contributed by atoms with Crippen LogP contribution in [0.3, 0.4) is 0 Å². The summed E-state index contributed by atoms with van der Waals surface area (Å²) in [4.78, 5) is 10.3. The molecule has 0 unspecified atom stereocenters. The Morgan fingerprint density at radius 1 is 1.47 bits per heavy atom. The molecule has 1 rings (SSSR count). The number of hydrogen-bond donors (Lipinski definition) is 0. The minimum absolute atomic E-state index is 0.0172. The van der Waals surface area contributed by atoms with Crippen LogP contribution < -0.4 is 0 Å². The van der Waals surface area contributed by atoms with Gasteiger partial charge in [0.1, 0.15) is 6.07 Å². The van der Waals surface area contributed by atoms with Crippen LogP contribution in [0.5, 0.6) is 0 Å². The summed E-state index contributed by atoms with van der Waals surface area (Å²) in [5.41, 5.74) is -0.248. The fourth-order valence-electron chi connectivity index (χ4n) is 1.17. The van der Waals surface area contributed by atoms with E-state index in [1.165, 1.54) is 12.1 Å². The fraction of sp³-hybridized carbons (Fsp3) is 0.111. The van der Waals surface area contributed by atoms with E-state index in [2.05, 4.69) is 0 Å². The second-order valence-electron chi connectivity index (χ2n) is 2.84. The summed E-state index contributed by atoms with van der Waals surface area (Å²) in [6.07, 6.45) is 1.31. The molecule has 0 aliphatic carbocycles. The molecule has 1 aromatic rings. The SMILES string of the molecule is CS(=O)(=O)c1c(C=O)ccc(Cl)c1C#N. The molecule has 0 saturated carbocycles. The van der Waals surface area contributed by atoms with Gasteiger partial charge < -0.3 is 0 Å². The number of carbonyl (C=O) groups is 1. The van der Waals surface area contributed by atoms with Crippen LogP contribution in [0.25, 0.3) is 0 Å². The third kappa shape index (κ3) is 2.17. The number of nitriles is 1. The molecule has 0 aliphatic rings. The van der Waals surface area contributed by atoms with Crippen LogP contribution >= 0.6 is 11.6 Å². The van der Waals surface area contributed by atoms with Gasteiger partial charge in [0.2, 0.25) is 0 Å². The first kappa shape index (κ1) is 11.7.